The fourth-order valence-corrected chi connectivity index (χ4v) is 3.64. The Morgan fingerprint density at radius 2 is 1.61 bits per heavy atom. The summed E-state index contributed by atoms with van der Waals surface area (Å²) >= 11 is 5.88. The molecule has 8 heteroatoms. The molecule has 0 radical (unpaired) electrons. The fourth-order valence-electron chi connectivity index (χ4n) is 3.52. The molecule has 0 aliphatic carbocycles. The van der Waals surface area contributed by atoms with Gasteiger partial charge in [0.25, 0.3) is 17.7 Å². The number of nitrogens with one attached hydrogen (secondary N) is 1. The van der Waals surface area contributed by atoms with E-state index in [1.165, 1.54) is 18.2 Å². The van der Waals surface area contributed by atoms with Crippen molar-refractivity contribution in [1.82, 2.24) is 5.32 Å². The van der Waals surface area contributed by atoms with E-state index in [2.05, 4.69) is 5.32 Å². The summed E-state index contributed by atoms with van der Waals surface area (Å²) in [4.78, 5) is 51.2. The van der Waals surface area contributed by atoms with Crippen molar-refractivity contribution < 1.29 is 23.9 Å². The highest BCUT2D eigenvalue weighted by Gasteiger charge is 2.37. The van der Waals surface area contributed by atoms with Gasteiger partial charge in [-0.15, -0.1) is 0 Å². The third kappa shape index (κ3) is 4.63. The molecule has 33 heavy (non-hydrogen) atoms. The lowest BCUT2D eigenvalue weighted by atomic mass is 10.1. The summed E-state index contributed by atoms with van der Waals surface area (Å²) in [7, 11) is 0. The third-order valence-electron chi connectivity index (χ3n) is 5.22. The first-order chi connectivity index (χ1) is 15.8. The molecule has 1 aliphatic heterocycles. The van der Waals surface area contributed by atoms with Crippen LogP contribution >= 0.6 is 11.6 Å². The van der Waals surface area contributed by atoms with Gasteiger partial charge in [0.15, 0.2) is 6.61 Å². The first kappa shape index (κ1) is 22.2. The Morgan fingerprint density at radius 3 is 2.30 bits per heavy atom. The molecule has 0 aromatic heterocycles. The zero-order valence-electron chi connectivity index (χ0n) is 17.6. The normalized spacial score (nSPS) is 13.5. The first-order valence-electron chi connectivity index (χ1n) is 10.1. The molecule has 166 valence electrons. The molecule has 0 fully saturated rings. The van der Waals surface area contributed by atoms with Gasteiger partial charge in [-0.1, -0.05) is 41.9 Å². The summed E-state index contributed by atoms with van der Waals surface area (Å²) < 4.78 is 5.10. The van der Waals surface area contributed by atoms with Crippen LogP contribution in [0.5, 0.6) is 0 Å². The van der Waals surface area contributed by atoms with Crippen LogP contribution in [0.2, 0.25) is 5.02 Å². The molecule has 3 aromatic rings. The SMILES string of the molecule is CC(NC(=O)COC(=O)c1ccc2c(c1)C(=O)N(c1ccc(Cl)cc1)C2=O)c1ccccc1. The van der Waals surface area contributed by atoms with E-state index in [0.29, 0.717) is 10.7 Å². The molecule has 3 amide bonds. The number of nitrogens with zero attached hydrogens (tertiary/aromatic N) is 1. The lowest BCUT2D eigenvalue weighted by Crippen LogP contribution is -2.31. The van der Waals surface area contributed by atoms with Gasteiger partial charge in [-0.05, 0) is 55.0 Å². The second-order valence-corrected chi connectivity index (χ2v) is 7.89. The quantitative estimate of drug-likeness (QED) is 0.438. The van der Waals surface area contributed by atoms with Crippen molar-refractivity contribution in [2.45, 2.75) is 13.0 Å². The van der Waals surface area contributed by atoms with Crippen LogP contribution in [0.3, 0.4) is 0 Å². The minimum atomic E-state index is -0.773. The number of anilines is 1. The molecule has 0 bridgehead atoms. The van der Waals surface area contributed by atoms with Crippen LogP contribution in [0.4, 0.5) is 5.69 Å². The Labute approximate surface area is 194 Å². The molecule has 7 nitrogen and oxygen atoms in total. The van der Waals surface area contributed by atoms with Crippen molar-refractivity contribution in [1.29, 1.82) is 0 Å². The minimum Gasteiger partial charge on any atom is -0.452 e. The second kappa shape index (κ2) is 9.26. The standard InChI is InChI=1S/C25H19ClN2O5/c1-15(16-5-3-2-4-6-16)27-22(29)14-33-25(32)17-7-12-20-21(13-17)24(31)28(23(20)30)19-10-8-18(26)9-11-19/h2-13,15H,14H2,1H3,(H,27,29). The van der Waals surface area contributed by atoms with Crippen molar-refractivity contribution in [2.75, 3.05) is 11.5 Å². The van der Waals surface area contributed by atoms with Gasteiger partial charge >= 0.3 is 5.97 Å². The number of hydrogen-bond donors (Lipinski definition) is 1. The highest BCUT2D eigenvalue weighted by atomic mass is 35.5. The molecule has 1 aliphatic rings. The van der Waals surface area contributed by atoms with E-state index in [4.69, 9.17) is 16.3 Å². The summed E-state index contributed by atoms with van der Waals surface area (Å²) in [5, 5.41) is 3.23. The molecular weight excluding hydrogens is 444 g/mol. The largest absolute Gasteiger partial charge is 0.452 e. The molecule has 1 atom stereocenters. The van der Waals surface area contributed by atoms with Gasteiger partial charge in [0.2, 0.25) is 0 Å². The number of rotatable bonds is 6. The van der Waals surface area contributed by atoms with Gasteiger partial charge in [0, 0.05) is 5.02 Å². The Bertz CT molecular complexity index is 1240. The summed E-state index contributed by atoms with van der Waals surface area (Å²) in [6, 6.07) is 19.5. The Balaban J connectivity index is 1.42. The molecule has 0 saturated carbocycles. The Morgan fingerprint density at radius 1 is 0.939 bits per heavy atom. The Kier molecular flexibility index (Phi) is 6.24. The molecule has 1 N–H and O–H groups in total. The highest BCUT2D eigenvalue weighted by molar-refractivity contribution is 6.35. The van der Waals surface area contributed by atoms with Crippen LogP contribution in [-0.2, 0) is 9.53 Å². The lowest BCUT2D eigenvalue weighted by Gasteiger charge is -2.14. The summed E-state index contributed by atoms with van der Waals surface area (Å²) in [5.41, 5.74) is 1.63. The first-order valence-corrected chi connectivity index (χ1v) is 10.5. The number of carbonyl (C=O) groups is 4. The predicted octanol–water partition coefficient (Wildman–Crippen LogP) is 4.17. The maximum absolute atomic E-state index is 12.8. The average molecular weight is 463 g/mol. The van der Waals surface area contributed by atoms with Crippen molar-refractivity contribution in [2.24, 2.45) is 0 Å². The van der Waals surface area contributed by atoms with Crippen LogP contribution in [0.25, 0.3) is 0 Å². The third-order valence-corrected chi connectivity index (χ3v) is 5.47. The van der Waals surface area contributed by atoms with Crippen LogP contribution in [-0.4, -0.2) is 30.3 Å². The molecule has 0 saturated heterocycles. The van der Waals surface area contributed by atoms with Crippen LogP contribution in [0.15, 0.2) is 72.8 Å². The predicted molar refractivity (Wildman–Crippen MR) is 122 cm³/mol. The number of halogens is 1. The molecular formula is C25H19ClN2O5. The van der Waals surface area contributed by atoms with Gasteiger partial charge < -0.3 is 10.1 Å². The van der Waals surface area contributed by atoms with Crippen molar-refractivity contribution >= 4 is 41.0 Å². The number of imide groups is 1. The van der Waals surface area contributed by atoms with Crippen LogP contribution in [0.1, 0.15) is 49.6 Å². The zero-order valence-corrected chi connectivity index (χ0v) is 18.3. The molecule has 4 rings (SSSR count). The summed E-state index contributed by atoms with van der Waals surface area (Å²) in [6.45, 7) is 1.35. The number of benzene rings is 3. The van der Waals surface area contributed by atoms with E-state index in [1.807, 2.05) is 37.3 Å². The fraction of sp³-hybridized carbons (Fsp3) is 0.120. The highest BCUT2D eigenvalue weighted by Crippen LogP contribution is 2.30. The van der Waals surface area contributed by atoms with Gasteiger partial charge in [-0.25, -0.2) is 9.69 Å². The van der Waals surface area contributed by atoms with Gasteiger partial charge in [-0.2, -0.15) is 0 Å². The minimum absolute atomic E-state index is 0.0664. The molecule has 3 aromatic carbocycles. The monoisotopic (exact) mass is 462 g/mol. The molecule has 1 heterocycles. The number of amides is 3. The van der Waals surface area contributed by atoms with Crippen molar-refractivity contribution in [3.63, 3.8) is 0 Å². The van der Waals surface area contributed by atoms with E-state index in [1.54, 1.807) is 24.3 Å². The smallest absolute Gasteiger partial charge is 0.338 e. The van der Waals surface area contributed by atoms with Crippen LogP contribution < -0.4 is 10.2 Å². The Hall–Kier alpha value is -3.97. The number of esters is 1. The maximum Gasteiger partial charge on any atom is 0.338 e. The lowest BCUT2D eigenvalue weighted by molar-refractivity contribution is -0.124. The number of carbonyl (C=O) groups excluding carboxylic acids is 4. The van der Waals surface area contributed by atoms with E-state index >= 15 is 0 Å². The summed E-state index contributed by atoms with van der Waals surface area (Å²) in [5.74, 6) is -2.28. The number of hydrogen-bond acceptors (Lipinski definition) is 5. The topological polar surface area (TPSA) is 92.8 Å². The van der Waals surface area contributed by atoms with Gasteiger partial charge in [0.1, 0.15) is 0 Å². The van der Waals surface area contributed by atoms with Gasteiger partial charge in [-0.3, -0.25) is 14.4 Å². The van der Waals surface area contributed by atoms with E-state index in [9.17, 15) is 19.2 Å². The summed E-state index contributed by atoms with van der Waals surface area (Å²) in [6.07, 6.45) is 0. The van der Waals surface area contributed by atoms with Crippen LogP contribution in [0, 0.1) is 0 Å². The average Bonchev–Trinajstić information content (AvgIpc) is 3.08. The number of fused-ring (bicyclic) bond motifs is 1. The molecule has 0 spiro atoms. The zero-order chi connectivity index (χ0) is 23.5. The second-order valence-electron chi connectivity index (χ2n) is 7.46. The maximum atomic E-state index is 12.8. The van der Waals surface area contributed by atoms with E-state index < -0.39 is 30.3 Å². The van der Waals surface area contributed by atoms with Crippen molar-refractivity contribution in [3.05, 3.63) is 100 Å². The number of ether oxygens (including phenoxy) is 1. The molecule has 1 unspecified atom stereocenters. The van der Waals surface area contributed by atoms with E-state index in [-0.39, 0.29) is 22.7 Å². The van der Waals surface area contributed by atoms with Gasteiger partial charge in [0.05, 0.1) is 28.4 Å². The van der Waals surface area contributed by atoms with Crippen molar-refractivity contribution in [3.8, 4) is 0 Å². The van der Waals surface area contributed by atoms with E-state index in [0.717, 1.165) is 10.5 Å².